The molecule has 3 heterocycles. The van der Waals surface area contributed by atoms with Crippen molar-refractivity contribution >= 4 is 11.8 Å². The van der Waals surface area contributed by atoms with Gasteiger partial charge in [0.25, 0.3) is 0 Å². The van der Waals surface area contributed by atoms with E-state index in [0.29, 0.717) is 6.04 Å². The molecule has 0 radical (unpaired) electrons. The molecule has 0 saturated carbocycles. The topological polar surface area (TPSA) is 44.3 Å². The molecule has 3 rings (SSSR count). The van der Waals surface area contributed by atoms with Crippen LogP contribution >= 0.6 is 0 Å². The Morgan fingerprint density at radius 3 is 2.63 bits per heavy atom. The number of aromatic nitrogens is 2. The van der Waals surface area contributed by atoms with Crippen molar-refractivity contribution in [2.45, 2.75) is 31.7 Å². The summed E-state index contributed by atoms with van der Waals surface area (Å²) in [5.41, 5.74) is 0. The molecule has 2 saturated heterocycles. The number of hydrogen-bond donors (Lipinski definition) is 1. The molecule has 0 amide bonds. The van der Waals surface area contributed by atoms with Gasteiger partial charge >= 0.3 is 0 Å². The highest BCUT2D eigenvalue weighted by molar-refractivity contribution is 5.43. The predicted octanol–water partition coefficient (Wildman–Crippen LogP) is 1.58. The summed E-state index contributed by atoms with van der Waals surface area (Å²) in [6, 6.07) is 2.54. The molecule has 104 valence electrons. The molecule has 5 heteroatoms. The zero-order valence-electron chi connectivity index (χ0n) is 11.7. The lowest BCUT2D eigenvalue weighted by Gasteiger charge is -2.29. The van der Waals surface area contributed by atoms with Gasteiger partial charge in [-0.2, -0.15) is 4.98 Å². The molecule has 1 N–H and O–H groups in total. The van der Waals surface area contributed by atoms with Gasteiger partial charge in [-0.05, 0) is 51.9 Å². The van der Waals surface area contributed by atoms with Crippen molar-refractivity contribution < 1.29 is 0 Å². The van der Waals surface area contributed by atoms with Crippen molar-refractivity contribution in [3.8, 4) is 0 Å². The van der Waals surface area contributed by atoms with E-state index in [9.17, 15) is 0 Å². The second-order valence-electron chi connectivity index (χ2n) is 5.65. The highest BCUT2D eigenvalue weighted by Crippen LogP contribution is 2.19. The maximum atomic E-state index is 4.66. The molecule has 2 aliphatic rings. The van der Waals surface area contributed by atoms with Gasteiger partial charge in [0, 0.05) is 25.3 Å². The number of piperidine rings is 1. The van der Waals surface area contributed by atoms with E-state index in [4.69, 9.17) is 0 Å². The molecule has 5 nitrogen and oxygen atoms in total. The molecule has 1 aromatic rings. The summed E-state index contributed by atoms with van der Waals surface area (Å²) >= 11 is 0. The van der Waals surface area contributed by atoms with Gasteiger partial charge in [-0.1, -0.05) is 0 Å². The van der Waals surface area contributed by atoms with Crippen molar-refractivity contribution in [3.63, 3.8) is 0 Å². The van der Waals surface area contributed by atoms with Crippen LogP contribution in [0, 0.1) is 0 Å². The largest absolute Gasteiger partial charge is 0.356 e. The van der Waals surface area contributed by atoms with E-state index in [2.05, 4.69) is 32.1 Å². The lowest BCUT2D eigenvalue weighted by Crippen LogP contribution is -2.37. The third kappa shape index (κ3) is 3.15. The van der Waals surface area contributed by atoms with Gasteiger partial charge in [0.15, 0.2) is 0 Å². The molecule has 0 bridgehead atoms. The van der Waals surface area contributed by atoms with Crippen LogP contribution in [0.5, 0.6) is 0 Å². The summed E-state index contributed by atoms with van der Waals surface area (Å²) in [5, 5.41) is 3.49. The summed E-state index contributed by atoms with van der Waals surface area (Å²) in [6.45, 7) is 4.57. The van der Waals surface area contributed by atoms with E-state index in [-0.39, 0.29) is 0 Å². The SMILES string of the molecule is CN1CCC(Nc2nccc(N3CCCC3)n2)CC1. The third-order valence-corrected chi connectivity index (χ3v) is 4.12. The van der Waals surface area contributed by atoms with Gasteiger partial charge < -0.3 is 15.1 Å². The first-order valence-corrected chi connectivity index (χ1v) is 7.34. The minimum atomic E-state index is 0.519. The molecule has 0 atom stereocenters. The van der Waals surface area contributed by atoms with Crippen LogP contribution < -0.4 is 10.2 Å². The highest BCUT2D eigenvalue weighted by Gasteiger charge is 2.18. The monoisotopic (exact) mass is 261 g/mol. The highest BCUT2D eigenvalue weighted by atomic mass is 15.2. The van der Waals surface area contributed by atoms with Crippen molar-refractivity contribution in [3.05, 3.63) is 12.3 Å². The lowest BCUT2D eigenvalue weighted by atomic mass is 10.1. The van der Waals surface area contributed by atoms with Gasteiger partial charge in [-0.25, -0.2) is 4.98 Å². The maximum absolute atomic E-state index is 4.66. The Bertz CT molecular complexity index is 408. The first-order chi connectivity index (χ1) is 9.31. The summed E-state index contributed by atoms with van der Waals surface area (Å²) in [6.07, 6.45) is 6.78. The molecule has 0 aromatic carbocycles. The minimum absolute atomic E-state index is 0.519. The van der Waals surface area contributed by atoms with Crippen molar-refractivity contribution in [1.29, 1.82) is 0 Å². The molecule has 0 spiro atoms. The van der Waals surface area contributed by atoms with Crippen molar-refractivity contribution in [2.75, 3.05) is 43.4 Å². The molecular formula is C14H23N5. The standard InChI is InChI=1S/C14H23N5/c1-18-10-5-12(6-11-18)16-14-15-7-4-13(17-14)19-8-2-3-9-19/h4,7,12H,2-3,5-6,8-11H2,1H3,(H,15,16,17). The van der Waals surface area contributed by atoms with E-state index < -0.39 is 0 Å². The smallest absolute Gasteiger partial charge is 0.224 e. The van der Waals surface area contributed by atoms with E-state index >= 15 is 0 Å². The first kappa shape index (κ1) is 12.7. The zero-order valence-corrected chi connectivity index (χ0v) is 11.7. The van der Waals surface area contributed by atoms with Crippen LogP contribution in [0.2, 0.25) is 0 Å². The van der Waals surface area contributed by atoms with E-state index in [1.807, 2.05) is 12.3 Å². The number of nitrogens with one attached hydrogen (secondary N) is 1. The normalized spacial score (nSPS) is 21.8. The number of rotatable bonds is 3. The Balaban J connectivity index is 1.62. The van der Waals surface area contributed by atoms with Crippen LogP contribution in [0.3, 0.4) is 0 Å². The first-order valence-electron chi connectivity index (χ1n) is 7.34. The van der Waals surface area contributed by atoms with E-state index in [1.165, 1.54) is 25.7 Å². The number of hydrogen-bond acceptors (Lipinski definition) is 5. The zero-order chi connectivity index (χ0) is 13.1. The minimum Gasteiger partial charge on any atom is -0.356 e. The molecule has 0 aliphatic carbocycles. The predicted molar refractivity (Wildman–Crippen MR) is 77.6 cm³/mol. The molecular weight excluding hydrogens is 238 g/mol. The van der Waals surface area contributed by atoms with Crippen LogP contribution in [0.15, 0.2) is 12.3 Å². The molecule has 19 heavy (non-hydrogen) atoms. The Morgan fingerprint density at radius 1 is 1.16 bits per heavy atom. The van der Waals surface area contributed by atoms with Crippen molar-refractivity contribution in [1.82, 2.24) is 14.9 Å². The van der Waals surface area contributed by atoms with Gasteiger partial charge in [-0.15, -0.1) is 0 Å². The van der Waals surface area contributed by atoms with Crippen LogP contribution in [-0.4, -0.2) is 54.1 Å². The fraction of sp³-hybridized carbons (Fsp3) is 0.714. The Morgan fingerprint density at radius 2 is 1.89 bits per heavy atom. The van der Waals surface area contributed by atoms with Gasteiger partial charge in [0.05, 0.1) is 0 Å². The average Bonchev–Trinajstić information content (AvgIpc) is 2.96. The Kier molecular flexibility index (Phi) is 3.82. The number of likely N-dealkylation sites (tertiary alicyclic amines) is 1. The summed E-state index contributed by atoms with van der Waals surface area (Å²) in [5.74, 6) is 1.86. The van der Waals surface area contributed by atoms with E-state index in [1.54, 1.807) is 0 Å². The molecule has 2 aliphatic heterocycles. The lowest BCUT2D eigenvalue weighted by molar-refractivity contribution is 0.263. The maximum Gasteiger partial charge on any atom is 0.224 e. The fourth-order valence-corrected chi connectivity index (χ4v) is 2.88. The van der Waals surface area contributed by atoms with Crippen molar-refractivity contribution in [2.24, 2.45) is 0 Å². The van der Waals surface area contributed by atoms with Gasteiger partial charge in [0.1, 0.15) is 5.82 Å². The quantitative estimate of drug-likeness (QED) is 0.895. The van der Waals surface area contributed by atoms with Crippen LogP contribution in [0.1, 0.15) is 25.7 Å². The second-order valence-corrected chi connectivity index (χ2v) is 5.65. The second kappa shape index (κ2) is 5.74. The van der Waals surface area contributed by atoms with Crippen LogP contribution in [0.25, 0.3) is 0 Å². The van der Waals surface area contributed by atoms with Gasteiger partial charge in [-0.3, -0.25) is 0 Å². The van der Waals surface area contributed by atoms with Crippen LogP contribution in [-0.2, 0) is 0 Å². The number of anilines is 2. The summed E-state index contributed by atoms with van der Waals surface area (Å²) in [7, 11) is 2.18. The number of nitrogens with zero attached hydrogens (tertiary/aromatic N) is 4. The van der Waals surface area contributed by atoms with E-state index in [0.717, 1.165) is 37.9 Å². The van der Waals surface area contributed by atoms with Gasteiger partial charge in [0.2, 0.25) is 5.95 Å². The average molecular weight is 261 g/mol. The molecule has 2 fully saturated rings. The molecule has 1 aromatic heterocycles. The van der Waals surface area contributed by atoms with Crippen LogP contribution in [0.4, 0.5) is 11.8 Å². The summed E-state index contributed by atoms with van der Waals surface area (Å²) in [4.78, 5) is 13.7. The Labute approximate surface area is 115 Å². The Hall–Kier alpha value is -1.36. The third-order valence-electron chi connectivity index (χ3n) is 4.12. The molecule has 0 unspecified atom stereocenters. The fourth-order valence-electron chi connectivity index (χ4n) is 2.88. The summed E-state index contributed by atoms with van der Waals surface area (Å²) < 4.78 is 0.